The summed E-state index contributed by atoms with van der Waals surface area (Å²) in [7, 11) is 0. The lowest BCUT2D eigenvalue weighted by molar-refractivity contribution is -0.162. The number of carbonyl (C=O) groups excluding carboxylic acids is 4. The number of piperidine rings is 1. The van der Waals surface area contributed by atoms with Crippen LogP contribution in [0.25, 0.3) is 0 Å². The minimum Gasteiger partial charge on any atom is -0.350 e. The molecule has 8 nitrogen and oxygen atoms in total. The van der Waals surface area contributed by atoms with Gasteiger partial charge in [0.1, 0.15) is 12.1 Å². The Bertz CT molecular complexity index is 815. The number of rotatable bonds is 5. The normalized spacial score (nSPS) is 28.7. The highest BCUT2D eigenvalue weighted by molar-refractivity contribution is 7.99. The van der Waals surface area contributed by atoms with E-state index in [4.69, 9.17) is 0 Å². The van der Waals surface area contributed by atoms with Crippen molar-refractivity contribution < 1.29 is 19.2 Å². The first kappa shape index (κ1) is 20.2. The highest BCUT2D eigenvalue weighted by Crippen LogP contribution is 2.32. The van der Waals surface area contributed by atoms with Crippen LogP contribution < -0.4 is 10.6 Å². The first-order chi connectivity index (χ1) is 14.0. The van der Waals surface area contributed by atoms with E-state index < -0.39 is 12.1 Å². The Hall–Kier alpha value is -2.07. The summed E-state index contributed by atoms with van der Waals surface area (Å²) in [5.41, 5.74) is 0. The number of hydrogen-bond donors (Lipinski definition) is 2. The summed E-state index contributed by atoms with van der Waals surface area (Å²) in [5.74, 6) is -0.0789. The monoisotopic (exact) mass is 436 g/mol. The van der Waals surface area contributed by atoms with Crippen LogP contribution in [0.2, 0.25) is 0 Å². The van der Waals surface area contributed by atoms with Crippen LogP contribution >= 0.6 is 23.1 Å². The summed E-state index contributed by atoms with van der Waals surface area (Å²) >= 11 is 2.80. The van der Waals surface area contributed by atoms with Crippen molar-refractivity contribution in [2.24, 2.45) is 0 Å². The third-order valence-electron chi connectivity index (χ3n) is 5.81. The molecule has 0 bridgehead atoms. The maximum Gasteiger partial charge on any atom is 0.261 e. The van der Waals surface area contributed by atoms with Crippen LogP contribution in [0.1, 0.15) is 28.9 Å². The quantitative estimate of drug-likeness (QED) is 0.692. The molecule has 156 valence electrons. The molecule has 0 radical (unpaired) electrons. The van der Waals surface area contributed by atoms with E-state index in [1.807, 2.05) is 17.7 Å². The minimum absolute atomic E-state index is 0.0775. The molecule has 10 heteroatoms. The molecule has 1 aromatic rings. The third-order valence-corrected chi connectivity index (χ3v) is 7.23. The average molecular weight is 437 g/mol. The number of nitrogens with one attached hydrogen (secondary N) is 2. The van der Waals surface area contributed by atoms with Crippen LogP contribution in [0.15, 0.2) is 17.5 Å². The molecule has 0 aliphatic carbocycles. The minimum atomic E-state index is -0.609. The van der Waals surface area contributed by atoms with E-state index >= 15 is 0 Å². The summed E-state index contributed by atoms with van der Waals surface area (Å²) < 4.78 is 0. The number of hydrogen-bond acceptors (Lipinski definition) is 6. The van der Waals surface area contributed by atoms with E-state index in [1.165, 1.54) is 23.1 Å². The number of carbonyl (C=O) groups is 4. The number of piperazine rings is 1. The summed E-state index contributed by atoms with van der Waals surface area (Å²) in [4.78, 5) is 54.5. The molecule has 0 saturated carbocycles. The van der Waals surface area contributed by atoms with Gasteiger partial charge in [0.15, 0.2) is 0 Å². The second-order valence-electron chi connectivity index (χ2n) is 7.59. The average Bonchev–Trinajstić information content (AvgIpc) is 3.37. The number of thioether (sulfide) groups is 1. The molecule has 0 aromatic carbocycles. The first-order valence-corrected chi connectivity index (χ1v) is 12.0. The van der Waals surface area contributed by atoms with Gasteiger partial charge in [0.25, 0.3) is 5.91 Å². The molecule has 4 rings (SSSR count). The van der Waals surface area contributed by atoms with Crippen LogP contribution in [-0.2, 0) is 14.4 Å². The van der Waals surface area contributed by atoms with Gasteiger partial charge >= 0.3 is 0 Å². The molecule has 1 aromatic heterocycles. The third kappa shape index (κ3) is 3.87. The Balaban J connectivity index is 1.43. The Morgan fingerprint density at radius 2 is 1.97 bits per heavy atom. The molecule has 4 atom stereocenters. The topological polar surface area (TPSA) is 98.8 Å². The molecule has 3 aliphatic rings. The molecule has 0 spiro atoms. The zero-order chi connectivity index (χ0) is 20.5. The molecular weight excluding hydrogens is 412 g/mol. The van der Waals surface area contributed by atoms with Crippen molar-refractivity contribution in [1.29, 1.82) is 0 Å². The fraction of sp³-hybridized carbons (Fsp3) is 0.579. The molecule has 4 unspecified atom stereocenters. The van der Waals surface area contributed by atoms with Crippen LogP contribution in [0.4, 0.5) is 0 Å². The van der Waals surface area contributed by atoms with Gasteiger partial charge in [0, 0.05) is 19.1 Å². The fourth-order valence-corrected chi connectivity index (χ4v) is 5.47. The summed E-state index contributed by atoms with van der Waals surface area (Å²) in [6.45, 7) is 0.899. The zero-order valence-electron chi connectivity index (χ0n) is 16.1. The van der Waals surface area contributed by atoms with Crippen LogP contribution in [0, 0.1) is 0 Å². The highest BCUT2D eigenvalue weighted by Gasteiger charge is 2.53. The Morgan fingerprint density at radius 3 is 2.69 bits per heavy atom. The van der Waals surface area contributed by atoms with Crippen molar-refractivity contribution in [3.05, 3.63) is 22.4 Å². The van der Waals surface area contributed by atoms with Crippen molar-refractivity contribution >= 4 is 46.7 Å². The van der Waals surface area contributed by atoms with Gasteiger partial charge in [0.2, 0.25) is 17.7 Å². The van der Waals surface area contributed by atoms with E-state index in [2.05, 4.69) is 10.6 Å². The van der Waals surface area contributed by atoms with Crippen molar-refractivity contribution in [3.8, 4) is 0 Å². The van der Waals surface area contributed by atoms with Crippen molar-refractivity contribution in [1.82, 2.24) is 20.4 Å². The Labute approximate surface area is 177 Å². The van der Waals surface area contributed by atoms with Gasteiger partial charge < -0.3 is 20.4 Å². The lowest BCUT2D eigenvalue weighted by Gasteiger charge is -2.47. The van der Waals surface area contributed by atoms with Gasteiger partial charge in [0.05, 0.1) is 16.7 Å². The molecule has 2 N–H and O–H groups in total. The number of amides is 4. The number of thiophene rings is 1. The smallest absolute Gasteiger partial charge is 0.261 e. The van der Waals surface area contributed by atoms with Crippen LogP contribution in [0.5, 0.6) is 0 Å². The predicted molar refractivity (Wildman–Crippen MR) is 111 cm³/mol. The summed E-state index contributed by atoms with van der Waals surface area (Å²) in [5, 5.41) is 7.77. The Kier molecular flexibility index (Phi) is 5.82. The van der Waals surface area contributed by atoms with E-state index in [-0.39, 0.29) is 35.7 Å². The molecule has 3 fully saturated rings. The largest absolute Gasteiger partial charge is 0.350 e. The predicted octanol–water partition coefficient (Wildman–Crippen LogP) is 0.300. The zero-order valence-corrected chi connectivity index (χ0v) is 17.8. The lowest BCUT2D eigenvalue weighted by atomic mass is 9.91. The Morgan fingerprint density at radius 1 is 1.17 bits per heavy atom. The molecule has 29 heavy (non-hydrogen) atoms. The molecular formula is C19H24N4O4S2. The van der Waals surface area contributed by atoms with Gasteiger partial charge in [-0.1, -0.05) is 6.07 Å². The molecule has 3 aliphatic heterocycles. The molecule has 3 saturated heterocycles. The van der Waals surface area contributed by atoms with Crippen molar-refractivity contribution in [2.75, 3.05) is 25.1 Å². The van der Waals surface area contributed by atoms with E-state index in [0.717, 1.165) is 0 Å². The van der Waals surface area contributed by atoms with E-state index in [9.17, 15) is 19.2 Å². The standard InChI is InChI=1S/C19H24N4O4S2/c1-28-10-15(24)21-12-5-7-23-16(12)19(27)22-6-4-11(9-13(22)18(23)26)20-17(25)14-3-2-8-29-14/h2-3,8,11-13,16H,4-7,9-10H2,1H3,(H,20,25)(H,21,24). The van der Waals surface area contributed by atoms with Crippen molar-refractivity contribution in [3.63, 3.8) is 0 Å². The second-order valence-corrected chi connectivity index (χ2v) is 9.41. The SMILES string of the molecule is CSCC(=O)NC1CCN2C(=O)C3CC(NC(=O)c4cccs4)CCN3C(=O)C12. The summed E-state index contributed by atoms with van der Waals surface area (Å²) in [6, 6.07) is 1.98. The van der Waals surface area contributed by atoms with Crippen LogP contribution in [-0.4, -0.2) is 82.7 Å². The summed E-state index contributed by atoms with van der Waals surface area (Å²) in [6.07, 6.45) is 3.47. The highest BCUT2D eigenvalue weighted by atomic mass is 32.2. The van der Waals surface area contributed by atoms with Gasteiger partial charge in [-0.3, -0.25) is 19.2 Å². The number of nitrogens with zero attached hydrogens (tertiary/aromatic N) is 2. The van der Waals surface area contributed by atoms with E-state index in [0.29, 0.717) is 43.0 Å². The first-order valence-electron chi connectivity index (χ1n) is 9.73. The van der Waals surface area contributed by atoms with Gasteiger partial charge in [-0.15, -0.1) is 11.3 Å². The van der Waals surface area contributed by atoms with Gasteiger partial charge in [-0.05, 0) is 37.0 Å². The molecule has 4 heterocycles. The van der Waals surface area contributed by atoms with Gasteiger partial charge in [-0.25, -0.2) is 0 Å². The fourth-order valence-electron chi connectivity index (χ4n) is 4.50. The van der Waals surface area contributed by atoms with Gasteiger partial charge in [-0.2, -0.15) is 11.8 Å². The number of fused-ring (bicyclic) bond motifs is 2. The molecule has 4 amide bonds. The maximum atomic E-state index is 13.1. The van der Waals surface area contributed by atoms with E-state index in [1.54, 1.807) is 15.9 Å². The lowest BCUT2D eigenvalue weighted by Crippen LogP contribution is -2.69. The maximum absolute atomic E-state index is 13.1. The van der Waals surface area contributed by atoms with Crippen LogP contribution in [0.3, 0.4) is 0 Å². The second kappa shape index (κ2) is 8.35. The van der Waals surface area contributed by atoms with Crippen molar-refractivity contribution in [2.45, 2.75) is 43.4 Å².